The third kappa shape index (κ3) is 3.26. The molecule has 2 saturated heterocycles. The number of urea groups is 2. The Kier molecular flexibility index (Phi) is 4.16. The molecule has 8 nitrogen and oxygen atoms in total. The molecule has 2 fully saturated rings. The largest absolute Gasteiger partial charge is 0.379 e. The molecule has 0 bridgehead atoms. The van der Waals surface area contributed by atoms with Crippen LogP contribution in [-0.4, -0.2) is 55.7 Å². The van der Waals surface area contributed by atoms with Crippen LogP contribution in [0, 0.1) is 0 Å². The predicted octanol–water partition coefficient (Wildman–Crippen LogP) is 0.995. The number of carbonyl (C=O) groups excluding carboxylic acids is 3. The summed E-state index contributed by atoms with van der Waals surface area (Å²) >= 11 is 0. The van der Waals surface area contributed by atoms with Gasteiger partial charge >= 0.3 is 12.1 Å². The van der Waals surface area contributed by atoms with Crippen LogP contribution in [0.5, 0.6) is 0 Å². The summed E-state index contributed by atoms with van der Waals surface area (Å²) in [5.41, 5.74) is 0.945. The minimum atomic E-state index is -0.375. The maximum Gasteiger partial charge on any atom is 0.331 e. The van der Waals surface area contributed by atoms with Crippen molar-refractivity contribution in [3.8, 4) is 0 Å². The minimum absolute atomic E-state index is 0.00794. The topological polar surface area (TPSA) is 91.0 Å². The number of rotatable bonds is 3. The summed E-state index contributed by atoms with van der Waals surface area (Å²) in [5, 5.41) is 5.52. The fourth-order valence-electron chi connectivity index (χ4n) is 2.60. The highest BCUT2D eigenvalue weighted by Gasteiger charge is 2.34. The van der Waals surface area contributed by atoms with E-state index in [4.69, 9.17) is 4.74 Å². The van der Waals surface area contributed by atoms with Crippen LogP contribution in [0.3, 0.4) is 0 Å². The van der Waals surface area contributed by atoms with Crippen LogP contribution >= 0.6 is 0 Å². The predicted molar refractivity (Wildman–Crippen MR) is 83.3 cm³/mol. The van der Waals surface area contributed by atoms with Gasteiger partial charge in [-0.05, 0) is 24.6 Å². The molecule has 0 aliphatic carbocycles. The molecule has 2 heterocycles. The molecule has 0 spiro atoms. The molecule has 2 aliphatic rings. The first-order chi connectivity index (χ1) is 11.0. The lowest BCUT2D eigenvalue weighted by atomic mass is 10.2. The van der Waals surface area contributed by atoms with E-state index in [0.29, 0.717) is 24.6 Å². The molecule has 23 heavy (non-hydrogen) atoms. The Morgan fingerprint density at radius 3 is 2.83 bits per heavy atom. The SMILES string of the molecule is CN1CC(=O)N(c2cccc(NC(=O)N[C@H]3CCOC3)c2)C1=O. The van der Waals surface area contributed by atoms with Crippen molar-refractivity contribution >= 4 is 29.3 Å². The molecule has 2 N–H and O–H groups in total. The summed E-state index contributed by atoms with van der Waals surface area (Å²) in [6.07, 6.45) is 0.788. The van der Waals surface area contributed by atoms with Crippen molar-refractivity contribution in [3.05, 3.63) is 24.3 Å². The fourth-order valence-corrected chi connectivity index (χ4v) is 2.60. The molecule has 1 atom stereocenters. The number of hydrogen-bond donors (Lipinski definition) is 2. The van der Waals surface area contributed by atoms with E-state index in [9.17, 15) is 14.4 Å². The van der Waals surface area contributed by atoms with E-state index < -0.39 is 0 Å². The van der Waals surface area contributed by atoms with Crippen molar-refractivity contribution in [3.63, 3.8) is 0 Å². The lowest BCUT2D eigenvalue weighted by molar-refractivity contribution is -0.116. The second-order valence-electron chi connectivity index (χ2n) is 5.58. The fraction of sp³-hybridized carbons (Fsp3) is 0.400. The Labute approximate surface area is 133 Å². The molecular weight excluding hydrogens is 300 g/mol. The second kappa shape index (κ2) is 6.25. The van der Waals surface area contributed by atoms with Crippen LogP contribution in [0.2, 0.25) is 0 Å². The standard InChI is InChI=1S/C15H18N4O4/c1-18-8-13(20)19(15(18)22)12-4-2-3-10(7-12)16-14(21)17-11-5-6-23-9-11/h2-4,7,11H,5-6,8-9H2,1H3,(H2,16,17,21)/t11-/m0/s1. The maximum atomic E-state index is 12.0. The van der Waals surface area contributed by atoms with Crippen molar-refractivity contribution in [1.29, 1.82) is 0 Å². The van der Waals surface area contributed by atoms with Gasteiger partial charge < -0.3 is 20.3 Å². The Bertz CT molecular complexity index is 642. The number of nitrogens with one attached hydrogen (secondary N) is 2. The molecule has 0 unspecified atom stereocenters. The van der Waals surface area contributed by atoms with Gasteiger partial charge in [0, 0.05) is 19.3 Å². The van der Waals surface area contributed by atoms with Crippen molar-refractivity contribution in [1.82, 2.24) is 10.2 Å². The third-order valence-corrected chi connectivity index (χ3v) is 3.77. The van der Waals surface area contributed by atoms with Gasteiger partial charge in [-0.15, -0.1) is 0 Å². The average Bonchev–Trinajstić information content (AvgIpc) is 3.08. The van der Waals surface area contributed by atoms with Crippen LogP contribution < -0.4 is 15.5 Å². The van der Waals surface area contributed by atoms with Crippen LogP contribution in [0.1, 0.15) is 6.42 Å². The van der Waals surface area contributed by atoms with Gasteiger partial charge in [0.25, 0.3) is 5.91 Å². The van der Waals surface area contributed by atoms with E-state index in [0.717, 1.165) is 11.3 Å². The molecule has 8 heteroatoms. The van der Waals surface area contributed by atoms with Crippen molar-refractivity contribution in [2.45, 2.75) is 12.5 Å². The van der Waals surface area contributed by atoms with E-state index in [-0.39, 0.29) is 30.6 Å². The number of likely N-dealkylation sites (N-methyl/N-ethyl adjacent to an activating group) is 1. The quantitative estimate of drug-likeness (QED) is 0.813. The summed E-state index contributed by atoms with van der Waals surface area (Å²) in [7, 11) is 1.57. The average molecular weight is 318 g/mol. The zero-order valence-corrected chi connectivity index (χ0v) is 12.7. The number of hydrogen-bond acceptors (Lipinski definition) is 4. The summed E-state index contributed by atoms with van der Waals surface area (Å²) < 4.78 is 5.20. The van der Waals surface area contributed by atoms with Crippen molar-refractivity contribution in [2.24, 2.45) is 0 Å². The monoisotopic (exact) mass is 318 g/mol. The van der Waals surface area contributed by atoms with Gasteiger partial charge in [-0.3, -0.25) is 4.79 Å². The Morgan fingerprint density at radius 1 is 1.35 bits per heavy atom. The summed E-state index contributed by atoms with van der Waals surface area (Å²) in [4.78, 5) is 38.3. The van der Waals surface area contributed by atoms with Crippen LogP contribution in [-0.2, 0) is 9.53 Å². The third-order valence-electron chi connectivity index (χ3n) is 3.77. The first-order valence-corrected chi connectivity index (χ1v) is 7.38. The van der Waals surface area contributed by atoms with Crippen molar-refractivity contribution < 1.29 is 19.1 Å². The number of amides is 5. The molecule has 1 aromatic rings. The maximum absolute atomic E-state index is 12.0. The van der Waals surface area contributed by atoms with E-state index in [1.54, 1.807) is 31.3 Å². The normalized spacial score (nSPS) is 21.0. The molecule has 2 aliphatic heterocycles. The van der Waals surface area contributed by atoms with Gasteiger partial charge in [0.1, 0.15) is 6.54 Å². The van der Waals surface area contributed by atoms with E-state index >= 15 is 0 Å². The highest BCUT2D eigenvalue weighted by molar-refractivity contribution is 6.19. The number of benzene rings is 1. The smallest absolute Gasteiger partial charge is 0.331 e. The second-order valence-corrected chi connectivity index (χ2v) is 5.58. The number of imide groups is 1. The van der Waals surface area contributed by atoms with Gasteiger partial charge in [-0.1, -0.05) is 6.07 Å². The number of nitrogens with zero attached hydrogens (tertiary/aromatic N) is 2. The van der Waals surface area contributed by atoms with Gasteiger partial charge in [0.2, 0.25) is 0 Å². The first-order valence-electron chi connectivity index (χ1n) is 7.38. The van der Waals surface area contributed by atoms with Gasteiger partial charge in [0.15, 0.2) is 0 Å². The zero-order valence-electron chi connectivity index (χ0n) is 12.7. The molecule has 0 radical (unpaired) electrons. The van der Waals surface area contributed by atoms with Crippen LogP contribution in [0.4, 0.5) is 21.0 Å². The van der Waals surface area contributed by atoms with Crippen LogP contribution in [0.15, 0.2) is 24.3 Å². The van der Waals surface area contributed by atoms with E-state index in [1.165, 1.54) is 4.90 Å². The molecule has 0 saturated carbocycles. The van der Waals surface area contributed by atoms with Crippen LogP contribution in [0.25, 0.3) is 0 Å². The van der Waals surface area contributed by atoms with E-state index in [1.807, 2.05) is 0 Å². The highest BCUT2D eigenvalue weighted by atomic mass is 16.5. The molecule has 1 aromatic carbocycles. The highest BCUT2D eigenvalue weighted by Crippen LogP contribution is 2.23. The molecule has 122 valence electrons. The van der Waals surface area contributed by atoms with Crippen molar-refractivity contribution in [2.75, 3.05) is 37.0 Å². The van der Waals surface area contributed by atoms with Gasteiger partial charge in [0.05, 0.1) is 18.3 Å². The Morgan fingerprint density at radius 2 is 2.17 bits per heavy atom. The Balaban J connectivity index is 1.68. The molecular formula is C15H18N4O4. The summed E-state index contributed by atoms with van der Waals surface area (Å²) in [6, 6.07) is 5.93. The number of carbonyl (C=O) groups is 3. The molecule has 5 amide bonds. The van der Waals surface area contributed by atoms with E-state index in [2.05, 4.69) is 10.6 Å². The lowest BCUT2D eigenvalue weighted by Gasteiger charge is -2.16. The minimum Gasteiger partial charge on any atom is -0.379 e. The lowest BCUT2D eigenvalue weighted by Crippen LogP contribution is -2.38. The zero-order chi connectivity index (χ0) is 16.4. The summed E-state index contributed by atoms with van der Waals surface area (Å²) in [6.45, 7) is 1.21. The Hall–Kier alpha value is -2.61. The summed E-state index contributed by atoms with van der Waals surface area (Å²) in [5.74, 6) is -0.290. The number of ether oxygens (including phenoxy) is 1. The first kappa shape index (κ1) is 15.3. The van der Waals surface area contributed by atoms with Gasteiger partial charge in [-0.25, -0.2) is 14.5 Å². The van der Waals surface area contributed by atoms with Gasteiger partial charge in [-0.2, -0.15) is 0 Å². The molecule has 0 aromatic heterocycles. The molecule has 3 rings (SSSR count). The number of anilines is 2.